The van der Waals surface area contributed by atoms with Gasteiger partial charge in [-0.1, -0.05) is 24.6 Å². The normalized spacial score (nSPS) is 16.0. The summed E-state index contributed by atoms with van der Waals surface area (Å²) < 4.78 is 38.2. The second-order valence-electron chi connectivity index (χ2n) is 7.26. The molecule has 0 spiro atoms. The topological polar surface area (TPSA) is 84.9 Å². The number of sulfonamides is 1. The molecule has 1 atom stereocenters. The fourth-order valence-corrected chi connectivity index (χ4v) is 5.20. The van der Waals surface area contributed by atoms with E-state index in [0.29, 0.717) is 24.6 Å². The number of carbonyl (C=O) groups excluding carboxylic acids is 1. The van der Waals surface area contributed by atoms with E-state index >= 15 is 0 Å². The first-order valence-corrected chi connectivity index (χ1v) is 11.4. The van der Waals surface area contributed by atoms with Crippen molar-refractivity contribution in [3.8, 4) is 11.5 Å². The summed E-state index contributed by atoms with van der Waals surface area (Å²) in [7, 11) is -0.629. The van der Waals surface area contributed by atoms with E-state index < -0.39 is 15.9 Å². The van der Waals surface area contributed by atoms with Crippen molar-refractivity contribution in [1.29, 1.82) is 0 Å². The Hall–Kier alpha value is -2.58. The molecular formula is C22H28N2O5S. The van der Waals surface area contributed by atoms with Crippen LogP contribution in [0.4, 0.5) is 0 Å². The minimum absolute atomic E-state index is 0.0975. The van der Waals surface area contributed by atoms with Crippen LogP contribution in [0.1, 0.15) is 48.1 Å². The third-order valence-electron chi connectivity index (χ3n) is 5.32. The average molecular weight is 433 g/mol. The van der Waals surface area contributed by atoms with Crippen LogP contribution < -0.4 is 14.8 Å². The quantitative estimate of drug-likeness (QED) is 0.725. The van der Waals surface area contributed by atoms with Crippen molar-refractivity contribution in [2.24, 2.45) is 0 Å². The number of ether oxygens (including phenoxy) is 2. The summed E-state index contributed by atoms with van der Waals surface area (Å²) in [5, 5.41) is 2.91. The van der Waals surface area contributed by atoms with E-state index in [2.05, 4.69) is 5.32 Å². The second kappa shape index (κ2) is 9.49. The molecule has 162 valence electrons. The van der Waals surface area contributed by atoms with Crippen molar-refractivity contribution >= 4 is 15.9 Å². The summed E-state index contributed by atoms with van der Waals surface area (Å²) in [5.74, 6) is 0.567. The predicted molar refractivity (Wildman–Crippen MR) is 114 cm³/mol. The maximum absolute atomic E-state index is 13.0. The van der Waals surface area contributed by atoms with Crippen molar-refractivity contribution in [3.63, 3.8) is 0 Å². The molecule has 0 unspecified atom stereocenters. The Labute approximate surface area is 178 Å². The largest absolute Gasteiger partial charge is 0.496 e. The smallest absolute Gasteiger partial charge is 0.255 e. The Balaban J connectivity index is 1.88. The SMILES string of the molecule is COc1ccc(S(=O)(=O)N2CCCCC2)cc1C(=O)N[C@@H](C)c1ccccc1OC. The molecule has 0 aromatic heterocycles. The van der Waals surface area contributed by atoms with Gasteiger partial charge in [0.1, 0.15) is 11.5 Å². The Morgan fingerprint density at radius 2 is 1.67 bits per heavy atom. The van der Waals surface area contributed by atoms with Crippen LogP contribution in [0.15, 0.2) is 47.4 Å². The van der Waals surface area contributed by atoms with E-state index in [9.17, 15) is 13.2 Å². The van der Waals surface area contributed by atoms with E-state index in [1.165, 1.54) is 29.6 Å². The van der Waals surface area contributed by atoms with Gasteiger partial charge in [-0.2, -0.15) is 4.31 Å². The summed E-state index contributed by atoms with van der Waals surface area (Å²) in [4.78, 5) is 13.1. The first kappa shape index (κ1) is 22.1. The Bertz CT molecular complexity index is 1000. The number of rotatable bonds is 7. The molecule has 0 saturated carbocycles. The summed E-state index contributed by atoms with van der Waals surface area (Å²) >= 11 is 0. The Morgan fingerprint density at radius 3 is 2.33 bits per heavy atom. The van der Waals surface area contributed by atoms with Gasteiger partial charge in [0, 0.05) is 18.7 Å². The van der Waals surface area contributed by atoms with Crippen molar-refractivity contribution in [2.75, 3.05) is 27.3 Å². The van der Waals surface area contributed by atoms with Crippen LogP contribution in [-0.2, 0) is 10.0 Å². The van der Waals surface area contributed by atoms with E-state index in [0.717, 1.165) is 24.8 Å². The molecule has 1 amide bonds. The van der Waals surface area contributed by atoms with Gasteiger partial charge in [-0.05, 0) is 44.0 Å². The lowest BCUT2D eigenvalue weighted by Gasteiger charge is -2.26. The van der Waals surface area contributed by atoms with Gasteiger partial charge in [0.25, 0.3) is 5.91 Å². The molecule has 1 saturated heterocycles. The Kier molecular flexibility index (Phi) is 6.99. The standard InChI is InChI=1S/C22H28N2O5S/c1-16(18-9-5-6-10-20(18)28-2)23-22(25)19-15-17(11-12-21(19)29-3)30(26,27)24-13-7-4-8-14-24/h5-6,9-12,15-16H,4,7-8,13-14H2,1-3H3,(H,23,25)/t16-/m0/s1. The molecule has 1 aliphatic rings. The number of nitrogens with zero attached hydrogens (tertiary/aromatic N) is 1. The molecule has 7 nitrogen and oxygen atoms in total. The fraction of sp³-hybridized carbons (Fsp3) is 0.409. The Morgan fingerprint density at radius 1 is 1.00 bits per heavy atom. The molecule has 2 aromatic rings. The minimum atomic E-state index is -3.66. The number of hydrogen-bond donors (Lipinski definition) is 1. The van der Waals surface area contributed by atoms with Gasteiger partial charge in [0.05, 0.1) is 30.7 Å². The average Bonchev–Trinajstić information content (AvgIpc) is 2.79. The van der Waals surface area contributed by atoms with Gasteiger partial charge in [0.2, 0.25) is 10.0 Å². The lowest BCUT2D eigenvalue weighted by Crippen LogP contribution is -2.35. The van der Waals surface area contributed by atoms with Crippen LogP contribution in [0.5, 0.6) is 11.5 Å². The number of methoxy groups -OCH3 is 2. The fourth-order valence-electron chi connectivity index (χ4n) is 3.66. The number of nitrogens with one attached hydrogen (secondary N) is 1. The van der Waals surface area contributed by atoms with Crippen molar-refractivity contribution in [2.45, 2.75) is 37.1 Å². The summed E-state index contributed by atoms with van der Waals surface area (Å²) in [5.41, 5.74) is 1.00. The number of hydrogen-bond acceptors (Lipinski definition) is 5. The minimum Gasteiger partial charge on any atom is -0.496 e. The van der Waals surface area contributed by atoms with Gasteiger partial charge in [-0.15, -0.1) is 0 Å². The molecule has 1 aliphatic heterocycles. The molecule has 3 rings (SSSR count). The number of para-hydroxylation sites is 1. The zero-order valence-corrected chi connectivity index (χ0v) is 18.4. The van der Waals surface area contributed by atoms with Crippen LogP contribution in [0.3, 0.4) is 0 Å². The number of benzene rings is 2. The van der Waals surface area contributed by atoms with Gasteiger partial charge >= 0.3 is 0 Å². The van der Waals surface area contributed by atoms with Crippen molar-refractivity contribution in [3.05, 3.63) is 53.6 Å². The van der Waals surface area contributed by atoms with Crippen LogP contribution in [0, 0.1) is 0 Å². The molecule has 1 fully saturated rings. The number of piperidine rings is 1. The lowest BCUT2D eigenvalue weighted by atomic mass is 10.1. The highest BCUT2D eigenvalue weighted by molar-refractivity contribution is 7.89. The van der Waals surface area contributed by atoms with Crippen LogP contribution in [0.2, 0.25) is 0 Å². The summed E-state index contributed by atoms with van der Waals surface area (Å²) in [6.07, 6.45) is 2.72. The molecule has 2 aromatic carbocycles. The van der Waals surface area contributed by atoms with Crippen LogP contribution in [0.25, 0.3) is 0 Å². The zero-order chi connectivity index (χ0) is 21.7. The zero-order valence-electron chi connectivity index (χ0n) is 17.6. The third kappa shape index (κ3) is 4.60. The van der Waals surface area contributed by atoms with Gasteiger partial charge in [0.15, 0.2) is 0 Å². The first-order valence-electron chi connectivity index (χ1n) is 10.0. The van der Waals surface area contributed by atoms with Crippen LogP contribution in [-0.4, -0.2) is 45.9 Å². The third-order valence-corrected chi connectivity index (χ3v) is 7.22. The van der Waals surface area contributed by atoms with E-state index in [-0.39, 0.29) is 16.5 Å². The highest BCUT2D eigenvalue weighted by Gasteiger charge is 2.28. The summed E-state index contributed by atoms with van der Waals surface area (Å²) in [6.45, 7) is 2.85. The van der Waals surface area contributed by atoms with Crippen molar-refractivity contribution in [1.82, 2.24) is 9.62 Å². The van der Waals surface area contributed by atoms with Crippen LogP contribution >= 0.6 is 0 Å². The van der Waals surface area contributed by atoms with E-state index in [1.807, 2.05) is 31.2 Å². The molecule has 8 heteroatoms. The van der Waals surface area contributed by atoms with Gasteiger partial charge < -0.3 is 14.8 Å². The molecule has 0 bridgehead atoms. The summed E-state index contributed by atoms with van der Waals surface area (Å²) in [6, 6.07) is 11.5. The number of carbonyl (C=O) groups is 1. The highest BCUT2D eigenvalue weighted by atomic mass is 32.2. The predicted octanol–water partition coefficient (Wildman–Crippen LogP) is 3.37. The molecule has 1 N–H and O–H groups in total. The molecule has 30 heavy (non-hydrogen) atoms. The van der Waals surface area contributed by atoms with E-state index in [4.69, 9.17) is 9.47 Å². The highest BCUT2D eigenvalue weighted by Crippen LogP contribution is 2.28. The number of amides is 1. The molecular weight excluding hydrogens is 404 g/mol. The molecule has 0 radical (unpaired) electrons. The monoisotopic (exact) mass is 432 g/mol. The molecule has 0 aliphatic carbocycles. The van der Waals surface area contributed by atoms with Gasteiger partial charge in [-0.3, -0.25) is 4.79 Å². The van der Waals surface area contributed by atoms with Crippen molar-refractivity contribution < 1.29 is 22.7 Å². The maximum atomic E-state index is 13.0. The van der Waals surface area contributed by atoms with E-state index in [1.54, 1.807) is 7.11 Å². The second-order valence-corrected chi connectivity index (χ2v) is 9.20. The molecule has 1 heterocycles. The van der Waals surface area contributed by atoms with Gasteiger partial charge in [-0.25, -0.2) is 8.42 Å². The maximum Gasteiger partial charge on any atom is 0.255 e. The lowest BCUT2D eigenvalue weighted by molar-refractivity contribution is 0.0936. The first-order chi connectivity index (χ1) is 14.4.